The predicted octanol–water partition coefficient (Wildman–Crippen LogP) is 4.12. The molecule has 1 aromatic heterocycles. The van der Waals surface area contributed by atoms with Crippen molar-refractivity contribution in [1.82, 2.24) is 20.8 Å². The molecule has 156 valence electrons. The van der Waals surface area contributed by atoms with E-state index in [1.807, 2.05) is 24.3 Å². The van der Waals surface area contributed by atoms with Crippen LogP contribution in [0.3, 0.4) is 0 Å². The number of hydrazine groups is 1. The van der Waals surface area contributed by atoms with Crippen molar-refractivity contribution in [3.63, 3.8) is 0 Å². The van der Waals surface area contributed by atoms with E-state index >= 15 is 0 Å². The summed E-state index contributed by atoms with van der Waals surface area (Å²) in [4.78, 5) is 18.6. The number of aromatic nitrogens is 1. The van der Waals surface area contributed by atoms with Crippen LogP contribution in [0.2, 0.25) is 0 Å². The number of rotatable bonds is 9. The topological polar surface area (TPSA) is 89.4 Å². The Balaban J connectivity index is 1.64. The lowest BCUT2D eigenvalue weighted by Gasteiger charge is -2.19. The molecule has 0 saturated carbocycles. The van der Waals surface area contributed by atoms with Gasteiger partial charge < -0.3 is 21.0 Å². The first-order valence-corrected chi connectivity index (χ1v) is 9.15. The summed E-state index contributed by atoms with van der Waals surface area (Å²) in [6, 6.07) is 13.6. The number of nitrogens with zero attached hydrogens (tertiary/aromatic N) is 2. The van der Waals surface area contributed by atoms with Crippen molar-refractivity contribution in [2.75, 3.05) is 0 Å². The van der Waals surface area contributed by atoms with E-state index in [-0.39, 0.29) is 23.7 Å². The van der Waals surface area contributed by atoms with Crippen LogP contribution in [0.4, 0.5) is 8.78 Å². The number of hydrogen-bond donors (Lipinski definition) is 3. The first-order valence-electron chi connectivity index (χ1n) is 8.77. The monoisotopic (exact) mass is 432 g/mol. The number of carbonyl (C=O) groups excluding carboxylic acids is 1. The van der Waals surface area contributed by atoms with Crippen LogP contribution in [0.1, 0.15) is 21.5 Å². The molecule has 1 amide bonds. The fourth-order valence-electron chi connectivity index (χ4n) is 2.49. The Kier molecular flexibility index (Phi) is 7.63. The zero-order valence-electron chi connectivity index (χ0n) is 15.5. The average molecular weight is 433 g/mol. The second kappa shape index (κ2) is 10.6. The highest BCUT2D eigenvalue weighted by Gasteiger charge is 2.16. The summed E-state index contributed by atoms with van der Waals surface area (Å²) in [5.74, 6) is -1.49. The van der Waals surface area contributed by atoms with E-state index < -0.39 is 17.5 Å². The number of nitrogens with one attached hydrogen (secondary N) is 3. The zero-order chi connectivity index (χ0) is 21.3. The minimum Gasteiger partial charge on any atom is -0.578 e. The Bertz CT molecular complexity index is 987. The van der Waals surface area contributed by atoms with Crippen LogP contribution in [0.5, 0.6) is 11.6 Å². The summed E-state index contributed by atoms with van der Waals surface area (Å²) in [5, 5.41) is 2.70. The van der Waals surface area contributed by atoms with Crippen molar-refractivity contribution in [3.8, 4) is 11.6 Å². The van der Waals surface area contributed by atoms with Gasteiger partial charge in [0.05, 0.1) is 6.20 Å². The Labute approximate surface area is 176 Å². The van der Waals surface area contributed by atoms with Crippen LogP contribution in [0.15, 0.2) is 60.8 Å². The van der Waals surface area contributed by atoms with Gasteiger partial charge in [-0.1, -0.05) is 29.8 Å². The van der Waals surface area contributed by atoms with Crippen molar-refractivity contribution in [2.24, 2.45) is 0 Å². The molecule has 0 bridgehead atoms. The van der Waals surface area contributed by atoms with Crippen LogP contribution < -0.4 is 20.5 Å². The lowest BCUT2D eigenvalue weighted by atomic mass is 10.1. The third kappa shape index (κ3) is 6.19. The van der Waals surface area contributed by atoms with Crippen molar-refractivity contribution in [2.45, 2.75) is 13.1 Å². The summed E-state index contributed by atoms with van der Waals surface area (Å²) in [6.07, 6.45) is 0.939. The minimum atomic E-state index is -0.681. The molecule has 3 aromatic rings. The van der Waals surface area contributed by atoms with Crippen LogP contribution in [0.25, 0.3) is 5.43 Å². The molecule has 1 heterocycles. The maximum atomic E-state index is 13.7. The van der Waals surface area contributed by atoms with Gasteiger partial charge in [-0.05, 0) is 47.7 Å². The van der Waals surface area contributed by atoms with Crippen LogP contribution in [-0.2, 0) is 13.1 Å². The van der Waals surface area contributed by atoms with Gasteiger partial charge in [0.1, 0.15) is 22.9 Å². The van der Waals surface area contributed by atoms with Gasteiger partial charge >= 0.3 is 0 Å². The van der Waals surface area contributed by atoms with Gasteiger partial charge in [0.25, 0.3) is 5.91 Å². The Hall–Kier alpha value is -3.11. The summed E-state index contributed by atoms with van der Waals surface area (Å²) in [5.41, 5.74) is 8.03. The van der Waals surface area contributed by atoms with E-state index in [0.29, 0.717) is 6.54 Å². The summed E-state index contributed by atoms with van der Waals surface area (Å²) < 4.78 is 32.2. The fraction of sp³-hybridized carbons (Fsp3) is 0.100. The third-order valence-corrected chi connectivity index (χ3v) is 4.03. The molecular weight excluding hydrogens is 416 g/mol. The van der Waals surface area contributed by atoms with Gasteiger partial charge in [-0.25, -0.2) is 13.8 Å². The molecule has 0 spiro atoms. The maximum absolute atomic E-state index is 13.7. The van der Waals surface area contributed by atoms with Crippen molar-refractivity contribution >= 4 is 17.7 Å². The quantitative estimate of drug-likeness (QED) is 0.269. The molecule has 7 nitrogen and oxygen atoms in total. The third-order valence-electron chi connectivity index (χ3n) is 3.95. The van der Waals surface area contributed by atoms with Gasteiger partial charge in [0.2, 0.25) is 5.88 Å². The average Bonchev–Trinajstić information content (AvgIpc) is 2.76. The van der Waals surface area contributed by atoms with Crippen molar-refractivity contribution in [3.05, 3.63) is 94.5 Å². The summed E-state index contributed by atoms with van der Waals surface area (Å²) >= 11 is 5.24. The standard InChI is InChI=1S/C20H17ClF2N5O2/c21-27-28-26-11-14-3-1-13(2-4-14)10-24-19(29)18-9-16(23)12-25-20(18)30-17-7-5-15(22)6-8-17/h1-9,12,27-28H,10-11H2,(H,24,29)/q-1. The number of halogens is 3. The number of benzene rings is 2. The predicted molar refractivity (Wildman–Crippen MR) is 107 cm³/mol. The van der Waals surface area contributed by atoms with E-state index in [4.69, 9.17) is 16.5 Å². The number of amides is 1. The highest BCUT2D eigenvalue weighted by molar-refractivity contribution is 6.13. The largest absolute Gasteiger partial charge is 0.578 e. The lowest BCUT2D eigenvalue weighted by molar-refractivity contribution is 0.0947. The Morgan fingerprint density at radius 3 is 2.43 bits per heavy atom. The van der Waals surface area contributed by atoms with Gasteiger partial charge in [0, 0.05) is 6.54 Å². The fourth-order valence-corrected chi connectivity index (χ4v) is 2.55. The molecule has 0 saturated heterocycles. The summed E-state index contributed by atoms with van der Waals surface area (Å²) in [7, 11) is 0. The van der Waals surface area contributed by atoms with Crippen molar-refractivity contribution in [1.29, 1.82) is 0 Å². The van der Waals surface area contributed by atoms with Crippen LogP contribution in [-0.4, -0.2) is 10.9 Å². The molecule has 2 aromatic carbocycles. The van der Waals surface area contributed by atoms with E-state index in [9.17, 15) is 13.6 Å². The highest BCUT2D eigenvalue weighted by Crippen LogP contribution is 2.24. The molecule has 0 atom stereocenters. The zero-order valence-corrected chi connectivity index (χ0v) is 16.3. The van der Waals surface area contributed by atoms with Crippen molar-refractivity contribution < 1.29 is 18.3 Å². The van der Waals surface area contributed by atoms with Gasteiger partial charge in [-0.2, -0.15) is 4.94 Å². The molecule has 10 heteroatoms. The second-order valence-corrected chi connectivity index (χ2v) is 6.27. The van der Waals surface area contributed by atoms with Crippen LogP contribution >= 0.6 is 11.8 Å². The smallest absolute Gasteiger partial charge is 0.257 e. The molecule has 0 aliphatic heterocycles. The Morgan fingerprint density at radius 2 is 1.73 bits per heavy atom. The SMILES string of the molecule is O=C(NCc1ccc(C[N-]NNCl)cc1)c1cc(F)cnc1Oc1ccc(F)cc1. The highest BCUT2D eigenvalue weighted by atomic mass is 35.5. The molecule has 0 aliphatic rings. The van der Waals surface area contributed by atoms with Gasteiger partial charge in [-0.15, -0.1) is 6.54 Å². The van der Waals surface area contributed by atoms with E-state index in [1.165, 1.54) is 24.3 Å². The molecule has 0 unspecified atom stereocenters. The van der Waals surface area contributed by atoms with Gasteiger partial charge in [-0.3, -0.25) is 4.79 Å². The molecule has 0 radical (unpaired) electrons. The number of carbonyl (C=O) groups is 1. The Morgan fingerprint density at radius 1 is 1.03 bits per heavy atom. The van der Waals surface area contributed by atoms with Gasteiger partial charge in [0.15, 0.2) is 0 Å². The first kappa shape index (κ1) is 21.6. The van der Waals surface area contributed by atoms with E-state index in [0.717, 1.165) is 23.4 Å². The van der Waals surface area contributed by atoms with Crippen LogP contribution in [0, 0.1) is 11.6 Å². The molecule has 0 aliphatic carbocycles. The van der Waals surface area contributed by atoms with E-state index in [2.05, 4.69) is 26.2 Å². The number of pyridine rings is 1. The normalized spacial score (nSPS) is 10.6. The maximum Gasteiger partial charge on any atom is 0.257 e. The molecular formula is C20H17ClF2N5O2-. The molecule has 30 heavy (non-hydrogen) atoms. The molecule has 0 fully saturated rings. The first-order chi connectivity index (χ1) is 14.5. The minimum absolute atomic E-state index is 0.0746. The second-order valence-electron chi connectivity index (χ2n) is 6.08. The number of hydrogen-bond acceptors (Lipinski definition) is 5. The molecule has 3 N–H and O–H groups in total. The molecule has 3 rings (SSSR count). The summed E-state index contributed by atoms with van der Waals surface area (Å²) in [6.45, 7) is 0.621. The number of ether oxygens (including phenoxy) is 1. The lowest BCUT2D eigenvalue weighted by Crippen LogP contribution is -2.23. The van der Waals surface area contributed by atoms with E-state index in [1.54, 1.807) is 0 Å².